The molecule has 1 unspecified atom stereocenters. The van der Waals surface area contributed by atoms with Crippen molar-refractivity contribution in [1.82, 2.24) is 0 Å². The van der Waals surface area contributed by atoms with Gasteiger partial charge in [0.15, 0.2) is 6.54 Å². The largest absolute Gasteiger partial charge is 1.00 e. The van der Waals surface area contributed by atoms with Crippen molar-refractivity contribution < 1.29 is 39.4 Å². The molecule has 2 aromatic carbocycles. The number of anilines is 1. The molecule has 0 aliphatic rings. The smallest absolute Gasteiger partial charge is 0.279 e. The molecular formula is C23H35Cl2N3O. The van der Waals surface area contributed by atoms with Crippen LogP contribution in [0.25, 0.3) is 0 Å². The summed E-state index contributed by atoms with van der Waals surface area (Å²) < 4.78 is 0. The van der Waals surface area contributed by atoms with Crippen LogP contribution in [0.5, 0.6) is 0 Å². The SMILES string of the molecule is CC[NH+](CC)CC[NH+](CC(=O)Nc1c(C)cccc1C)Cc1ccccc1.[Cl-].[Cl-]. The number of aryl methyl sites for hydroxylation is 2. The van der Waals surface area contributed by atoms with E-state index in [1.165, 1.54) is 10.5 Å². The first kappa shape index (κ1) is 27.4. The predicted octanol–water partition coefficient (Wildman–Crippen LogP) is -4.74. The molecule has 0 saturated heterocycles. The molecule has 1 amide bonds. The third-order valence-electron chi connectivity index (χ3n) is 5.29. The van der Waals surface area contributed by atoms with Gasteiger partial charge in [-0.05, 0) is 38.8 Å². The molecule has 162 valence electrons. The average Bonchev–Trinajstić information content (AvgIpc) is 2.66. The maximum absolute atomic E-state index is 12.8. The number of likely N-dealkylation sites (N-methyl/N-ethyl adjacent to an activating group) is 1. The van der Waals surface area contributed by atoms with E-state index in [1.54, 1.807) is 4.90 Å². The number of hydrogen-bond acceptors (Lipinski definition) is 1. The lowest BCUT2D eigenvalue weighted by Crippen LogP contribution is -3.20. The number of para-hydroxylation sites is 1. The van der Waals surface area contributed by atoms with Crippen molar-refractivity contribution in [2.45, 2.75) is 34.2 Å². The zero-order valence-corrected chi connectivity index (χ0v) is 19.5. The number of halogens is 2. The monoisotopic (exact) mass is 439 g/mol. The summed E-state index contributed by atoms with van der Waals surface area (Å²) in [4.78, 5) is 15.7. The van der Waals surface area contributed by atoms with Crippen LogP contribution in [0.15, 0.2) is 48.5 Å². The molecule has 1 atom stereocenters. The van der Waals surface area contributed by atoms with Crippen molar-refractivity contribution in [1.29, 1.82) is 0 Å². The molecule has 0 aliphatic carbocycles. The lowest BCUT2D eigenvalue weighted by molar-refractivity contribution is -0.958. The highest BCUT2D eigenvalue weighted by Gasteiger charge is 2.18. The van der Waals surface area contributed by atoms with Gasteiger partial charge in [0.1, 0.15) is 19.6 Å². The van der Waals surface area contributed by atoms with E-state index in [-0.39, 0.29) is 30.7 Å². The zero-order valence-electron chi connectivity index (χ0n) is 18.0. The first-order valence-electron chi connectivity index (χ1n) is 10.1. The number of amides is 1. The van der Waals surface area contributed by atoms with E-state index in [9.17, 15) is 4.79 Å². The van der Waals surface area contributed by atoms with Gasteiger partial charge in [-0.25, -0.2) is 0 Å². The molecule has 6 heteroatoms. The van der Waals surface area contributed by atoms with Crippen LogP contribution in [0, 0.1) is 13.8 Å². The summed E-state index contributed by atoms with van der Waals surface area (Å²) in [5.74, 6) is 0.0906. The third-order valence-corrected chi connectivity index (χ3v) is 5.29. The van der Waals surface area contributed by atoms with Gasteiger partial charge in [0.25, 0.3) is 5.91 Å². The maximum atomic E-state index is 12.8. The number of carbonyl (C=O) groups is 1. The highest BCUT2D eigenvalue weighted by molar-refractivity contribution is 5.93. The Kier molecular flexibility index (Phi) is 13.6. The Balaban J connectivity index is 0.00000392. The van der Waals surface area contributed by atoms with Gasteiger partial charge in [-0.15, -0.1) is 0 Å². The van der Waals surface area contributed by atoms with Gasteiger partial charge in [-0.1, -0.05) is 48.5 Å². The van der Waals surface area contributed by atoms with Crippen LogP contribution in [0.1, 0.15) is 30.5 Å². The topological polar surface area (TPSA) is 38.0 Å². The van der Waals surface area contributed by atoms with E-state index >= 15 is 0 Å². The number of hydrogen-bond donors (Lipinski definition) is 3. The summed E-state index contributed by atoms with van der Waals surface area (Å²) in [6.45, 7) is 14.2. The summed E-state index contributed by atoms with van der Waals surface area (Å²) in [7, 11) is 0. The molecule has 3 N–H and O–H groups in total. The van der Waals surface area contributed by atoms with Crippen LogP contribution in [0.4, 0.5) is 5.69 Å². The molecule has 0 bridgehead atoms. The van der Waals surface area contributed by atoms with Crippen molar-refractivity contribution in [2.75, 3.05) is 38.0 Å². The van der Waals surface area contributed by atoms with Gasteiger partial charge in [-0.2, -0.15) is 0 Å². The Bertz CT molecular complexity index is 701. The van der Waals surface area contributed by atoms with Crippen LogP contribution >= 0.6 is 0 Å². The van der Waals surface area contributed by atoms with Crippen LogP contribution in [-0.2, 0) is 11.3 Å². The first-order chi connectivity index (χ1) is 13.0. The number of carbonyl (C=O) groups excluding carboxylic acids is 1. The van der Waals surface area contributed by atoms with E-state index in [0.717, 1.165) is 49.5 Å². The van der Waals surface area contributed by atoms with Gasteiger partial charge in [0, 0.05) is 11.3 Å². The number of nitrogens with one attached hydrogen (secondary N) is 3. The Morgan fingerprint density at radius 1 is 0.828 bits per heavy atom. The average molecular weight is 440 g/mol. The molecule has 0 spiro atoms. The summed E-state index contributed by atoms with van der Waals surface area (Å²) in [5.41, 5.74) is 4.46. The third kappa shape index (κ3) is 9.18. The zero-order chi connectivity index (χ0) is 19.6. The van der Waals surface area contributed by atoms with Crippen molar-refractivity contribution in [3.8, 4) is 0 Å². The minimum Gasteiger partial charge on any atom is -1.00 e. The van der Waals surface area contributed by atoms with Crippen molar-refractivity contribution in [3.63, 3.8) is 0 Å². The highest BCUT2D eigenvalue weighted by atomic mass is 35.5. The molecule has 2 aromatic rings. The molecule has 0 aromatic heterocycles. The lowest BCUT2D eigenvalue weighted by Gasteiger charge is -2.22. The summed E-state index contributed by atoms with van der Waals surface area (Å²) >= 11 is 0. The Morgan fingerprint density at radius 3 is 1.93 bits per heavy atom. The lowest BCUT2D eigenvalue weighted by atomic mass is 10.1. The second-order valence-corrected chi connectivity index (χ2v) is 7.36. The molecule has 0 saturated carbocycles. The fraction of sp³-hybridized carbons (Fsp3) is 0.435. The summed E-state index contributed by atoms with van der Waals surface area (Å²) in [5, 5.41) is 3.14. The molecule has 0 heterocycles. The predicted molar refractivity (Wildman–Crippen MR) is 112 cm³/mol. The quantitative estimate of drug-likeness (QED) is 0.341. The van der Waals surface area contributed by atoms with Gasteiger partial charge < -0.3 is 39.9 Å². The van der Waals surface area contributed by atoms with Crippen LogP contribution < -0.4 is 39.9 Å². The minimum atomic E-state index is 0. The van der Waals surface area contributed by atoms with Crippen molar-refractivity contribution in [2.24, 2.45) is 0 Å². The fourth-order valence-electron chi connectivity index (χ4n) is 3.50. The fourth-order valence-corrected chi connectivity index (χ4v) is 3.50. The van der Waals surface area contributed by atoms with Gasteiger partial charge in [0.05, 0.1) is 13.1 Å². The van der Waals surface area contributed by atoms with Crippen LogP contribution in [0.3, 0.4) is 0 Å². The molecule has 29 heavy (non-hydrogen) atoms. The van der Waals surface area contributed by atoms with E-state index in [1.807, 2.05) is 38.1 Å². The first-order valence-corrected chi connectivity index (χ1v) is 10.1. The Labute approximate surface area is 188 Å². The summed E-state index contributed by atoms with van der Waals surface area (Å²) in [6, 6.07) is 16.6. The molecule has 0 fully saturated rings. The van der Waals surface area contributed by atoms with E-state index < -0.39 is 0 Å². The minimum absolute atomic E-state index is 0. The van der Waals surface area contributed by atoms with E-state index in [0.29, 0.717) is 6.54 Å². The van der Waals surface area contributed by atoms with Crippen molar-refractivity contribution in [3.05, 3.63) is 65.2 Å². The van der Waals surface area contributed by atoms with Crippen LogP contribution in [-0.4, -0.2) is 38.6 Å². The van der Waals surface area contributed by atoms with E-state index in [2.05, 4.69) is 43.4 Å². The van der Waals surface area contributed by atoms with Gasteiger partial charge >= 0.3 is 0 Å². The van der Waals surface area contributed by atoms with E-state index in [4.69, 9.17) is 0 Å². The second kappa shape index (κ2) is 14.4. The standard InChI is InChI=1S/C23H33N3O.2ClH/c1-5-25(6-2)15-16-26(17-21-13-8-7-9-14-21)18-22(27)24-23-19(3)11-10-12-20(23)4;;/h7-14H,5-6,15-18H2,1-4H3,(H,24,27);2*1H. The summed E-state index contributed by atoms with van der Waals surface area (Å²) in [6.07, 6.45) is 0. The number of rotatable bonds is 10. The second-order valence-electron chi connectivity index (χ2n) is 7.36. The molecule has 0 radical (unpaired) electrons. The van der Waals surface area contributed by atoms with Crippen molar-refractivity contribution >= 4 is 11.6 Å². The highest BCUT2D eigenvalue weighted by Crippen LogP contribution is 2.18. The van der Waals surface area contributed by atoms with Crippen LogP contribution in [0.2, 0.25) is 0 Å². The molecule has 4 nitrogen and oxygen atoms in total. The maximum Gasteiger partial charge on any atom is 0.279 e. The Hall–Kier alpha value is -1.59. The molecular weight excluding hydrogens is 405 g/mol. The Morgan fingerprint density at radius 2 is 1.38 bits per heavy atom. The van der Waals surface area contributed by atoms with Gasteiger partial charge in [-0.3, -0.25) is 4.79 Å². The number of quaternary nitrogens is 2. The normalized spacial score (nSPS) is 11.3. The van der Waals surface area contributed by atoms with Gasteiger partial charge in [0.2, 0.25) is 0 Å². The molecule has 0 aliphatic heterocycles. The number of benzene rings is 2. The molecule has 2 rings (SSSR count).